The molecule has 96 valence electrons. The predicted molar refractivity (Wildman–Crippen MR) is 60.0 cm³/mol. The minimum atomic E-state index is -5.30. The molecule has 0 amide bonds. The smallest absolute Gasteiger partial charge is 0.465 e. The van der Waals surface area contributed by atoms with Crippen LogP contribution in [-0.4, -0.2) is 20.1 Å². The summed E-state index contributed by atoms with van der Waals surface area (Å²) in [5, 5.41) is 3.14. The summed E-state index contributed by atoms with van der Waals surface area (Å²) in [4.78, 5) is 13.8. The third kappa shape index (κ3) is 2.75. The first-order valence-electron chi connectivity index (χ1n) is 4.79. The van der Waals surface area contributed by atoms with Crippen molar-refractivity contribution in [3.63, 3.8) is 0 Å². The van der Waals surface area contributed by atoms with E-state index in [0.29, 0.717) is 12.1 Å². The minimum absolute atomic E-state index is 0.142. The Morgan fingerprint density at radius 3 is 2.50 bits per heavy atom. The number of carbonyl (C=O) groups is 1. The maximum Gasteiger partial charge on any atom is 0.509 e. The Kier molecular flexibility index (Phi) is 3.87. The van der Waals surface area contributed by atoms with E-state index in [-0.39, 0.29) is 16.8 Å². The fourth-order valence-electron chi connectivity index (χ4n) is 1.38. The van der Waals surface area contributed by atoms with Crippen molar-refractivity contribution in [1.29, 1.82) is 0 Å². The summed E-state index contributed by atoms with van der Waals surface area (Å²) in [6, 6.07) is 1.40. The number of rotatable bonds is 3. The van der Waals surface area contributed by atoms with Crippen molar-refractivity contribution in [1.82, 2.24) is 0 Å². The highest BCUT2D eigenvalue weighted by atomic mass is 19.4. The summed E-state index contributed by atoms with van der Waals surface area (Å²) < 4.78 is 42.4. The van der Waals surface area contributed by atoms with Crippen molar-refractivity contribution in [2.24, 2.45) is 5.11 Å². The highest BCUT2D eigenvalue weighted by Gasteiger charge is 2.28. The van der Waals surface area contributed by atoms with Crippen LogP contribution in [0.4, 0.5) is 18.6 Å². The highest BCUT2D eigenvalue weighted by Crippen LogP contribution is 2.24. The average Bonchev–Trinajstić information content (AvgIpc) is 2.29. The topological polar surface area (TPSA) is 75.1 Å². The Hall–Kier alpha value is -2.15. The van der Waals surface area contributed by atoms with E-state index in [2.05, 4.69) is 14.8 Å². The third-order valence-corrected chi connectivity index (χ3v) is 2.34. The normalized spacial score (nSPS) is 10.7. The second-order valence-corrected chi connectivity index (χ2v) is 3.47. The molecule has 0 spiro atoms. The van der Waals surface area contributed by atoms with Gasteiger partial charge in [0.2, 0.25) is 0 Å². The summed E-state index contributed by atoms with van der Waals surface area (Å²) in [6.07, 6.45) is 0. The van der Waals surface area contributed by atoms with Crippen LogP contribution in [0.2, 0.25) is 0 Å². The zero-order valence-corrected chi connectivity index (χ0v) is 9.52. The van der Waals surface area contributed by atoms with Gasteiger partial charge in [0, 0.05) is 10.6 Å². The maximum atomic E-state index is 12.7. The molecule has 0 unspecified atom stereocenters. The van der Waals surface area contributed by atoms with Gasteiger partial charge in [-0.05, 0) is 18.0 Å². The molecule has 0 N–H and O–H groups in total. The zero-order valence-electron chi connectivity index (χ0n) is 9.52. The Bertz CT molecular complexity index is 539. The molecule has 1 aromatic carbocycles. The van der Waals surface area contributed by atoms with Gasteiger partial charge in [-0.3, -0.25) is 0 Å². The van der Waals surface area contributed by atoms with Crippen molar-refractivity contribution >= 4 is 24.1 Å². The quantitative estimate of drug-likeness (QED) is 0.275. The molecule has 0 bridgehead atoms. The SMILES string of the molecule is COC(=O)c1cc([B-](F)(F)F)cc(N=[N+]=[N-])c1C. The number of hydrogen-bond acceptors (Lipinski definition) is 3. The van der Waals surface area contributed by atoms with Gasteiger partial charge in [0.25, 0.3) is 0 Å². The van der Waals surface area contributed by atoms with E-state index in [0.717, 1.165) is 7.11 Å². The van der Waals surface area contributed by atoms with E-state index in [1.165, 1.54) is 6.92 Å². The van der Waals surface area contributed by atoms with Gasteiger partial charge >= 0.3 is 12.9 Å². The van der Waals surface area contributed by atoms with Gasteiger partial charge in [0.15, 0.2) is 0 Å². The number of benzene rings is 1. The molecule has 0 aliphatic rings. The van der Waals surface area contributed by atoms with Gasteiger partial charge < -0.3 is 17.7 Å². The van der Waals surface area contributed by atoms with E-state index < -0.39 is 18.4 Å². The van der Waals surface area contributed by atoms with Crippen LogP contribution in [0.3, 0.4) is 0 Å². The summed E-state index contributed by atoms with van der Waals surface area (Å²) in [7, 11) is 1.06. The van der Waals surface area contributed by atoms with E-state index in [9.17, 15) is 17.7 Å². The lowest BCUT2D eigenvalue weighted by Crippen LogP contribution is -2.34. The van der Waals surface area contributed by atoms with Crippen LogP contribution in [0.5, 0.6) is 0 Å². The monoisotopic (exact) mass is 258 g/mol. The first-order valence-corrected chi connectivity index (χ1v) is 4.79. The molecule has 0 saturated carbocycles. The van der Waals surface area contributed by atoms with E-state index in [1.807, 2.05) is 0 Å². The summed E-state index contributed by atoms with van der Waals surface area (Å²) in [6.45, 7) is -3.92. The highest BCUT2D eigenvalue weighted by molar-refractivity contribution is 6.73. The van der Waals surface area contributed by atoms with Crippen LogP contribution in [0.25, 0.3) is 10.4 Å². The van der Waals surface area contributed by atoms with Crippen LogP contribution < -0.4 is 5.46 Å². The largest absolute Gasteiger partial charge is 0.509 e. The molecule has 0 heterocycles. The number of carbonyl (C=O) groups excluding carboxylic acids is 1. The lowest BCUT2D eigenvalue weighted by atomic mass is 9.78. The van der Waals surface area contributed by atoms with Crippen LogP contribution in [-0.2, 0) is 4.74 Å². The standard InChI is InChI=1S/C9H8BF3N3O2/c1-5-7(9(17)18-2)3-6(10(11,12)13)4-8(5)15-16-14/h3-4H,1-2H3/q-1. The Morgan fingerprint density at radius 1 is 1.44 bits per heavy atom. The van der Waals surface area contributed by atoms with Crippen molar-refractivity contribution < 1.29 is 22.5 Å². The Labute approximate surface area is 100 Å². The fraction of sp³-hybridized carbons (Fsp3) is 0.222. The molecule has 5 nitrogen and oxygen atoms in total. The summed E-state index contributed by atoms with van der Waals surface area (Å²) >= 11 is 0. The molecule has 0 atom stereocenters. The first kappa shape index (κ1) is 13.9. The number of methoxy groups -OCH3 is 1. The molecular weight excluding hydrogens is 250 g/mol. The second-order valence-electron chi connectivity index (χ2n) is 3.47. The van der Waals surface area contributed by atoms with Gasteiger partial charge in [0.1, 0.15) is 0 Å². The molecule has 18 heavy (non-hydrogen) atoms. The average molecular weight is 258 g/mol. The second kappa shape index (κ2) is 5.01. The molecule has 0 aliphatic carbocycles. The van der Waals surface area contributed by atoms with Crippen molar-refractivity contribution in [3.8, 4) is 0 Å². The molecule has 1 aromatic rings. The molecule has 0 saturated heterocycles. The summed E-state index contributed by atoms with van der Waals surface area (Å²) in [5.74, 6) is -0.913. The number of azide groups is 1. The molecule has 0 fully saturated rings. The van der Waals surface area contributed by atoms with Crippen molar-refractivity contribution in [2.75, 3.05) is 7.11 Å². The van der Waals surface area contributed by atoms with Crippen LogP contribution in [0.15, 0.2) is 17.2 Å². The molecule has 9 heteroatoms. The van der Waals surface area contributed by atoms with Gasteiger partial charge in [-0.15, -0.1) is 5.46 Å². The lowest BCUT2D eigenvalue weighted by Gasteiger charge is -2.18. The fourth-order valence-corrected chi connectivity index (χ4v) is 1.38. The Morgan fingerprint density at radius 2 is 2.06 bits per heavy atom. The zero-order chi connectivity index (χ0) is 13.9. The molecule has 0 aromatic heterocycles. The first-order chi connectivity index (χ1) is 8.31. The number of ether oxygens (including phenoxy) is 1. The number of halogens is 3. The van der Waals surface area contributed by atoms with Crippen LogP contribution in [0, 0.1) is 6.92 Å². The van der Waals surface area contributed by atoms with Gasteiger partial charge in [-0.2, -0.15) is 0 Å². The van der Waals surface area contributed by atoms with Gasteiger partial charge in [-0.25, -0.2) is 4.79 Å². The maximum absolute atomic E-state index is 12.7. The van der Waals surface area contributed by atoms with E-state index in [4.69, 9.17) is 5.53 Å². The number of nitrogens with zero attached hydrogens (tertiary/aromatic N) is 3. The summed E-state index contributed by atoms with van der Waals surface area (Å²) in [5.41, 5.74) is 6.91. The van der Waals surface area contributed by atoms with Gasteiger partial charge in [0.05, 0.1) is 12.7 Å². The van der Waals surface area contributed by atoms with Crippen molar-refractivity contribution in [2.45, 2.75) is 6.92 Å². The van der Waals surface area contributed by atoms with Gasteiger partial charge in [-0.1, -0.05) is 17.2 Å². The minimum Gasteiger partial charge on any atom is -0.465 e. The number of esters is 1. The van der Waals surface area contributed by atoms with Crippen LogP contribution in [0.1, 0.15) is 15.9 Å². The molecule has 1 rings (SSSR count). The van der Waals surface area contributed by atoms with E-state index in [1.54, 1.807) is 0 Å². The molecule has 0 radical (unpaired) electrons. The lowest BCUT2D eigenvalue weighted by molar-refractivity contribution is 0.0600. The molecular formula is C9H8BF3N3O2-. The number of hydrogen-bond donors (Lipinski definition) is 0. The van der Waals surface area contributed by atoms with Crippen LogP contribution >= 0.6 is 0 Å². The van der Waals surface area contributed by atoms with Crippen molar-refractivity contribution in [3.05, 3.63) is 33.7 Å². The van der Waals surface area contributed by atoms with E-state index >= 15 is 0 Å². The third-order valence-electron chi connectivity index (χ3n) is 2.34. The predicted octanol–water partition coefficient (Wildman–Crippen LogP) is 2.78. The molecule has 0 aliphatic heterocycles. The Balaban J connectivity index is 3.56.